The molecule has 1 unspecified atom stereocenters. The molecule has 1 aromatic rings. The molecule has 0 radical (unpaired) electrons. The van der Waals surface area contributed by atoms with Crippen LogP contribution < -0.4 is 4.74 Å². The van der Waals surface area contributed by atoms with E-state index in [0.29, 0.717) is 10.6 Å². The average Bonchev–Trinajstić information content (AvgIpc) is 2.03. The van der Waals surface area contributed by atoms with Crippen molar-refractivity contribution in [3.63, 3.8) is 0 Å². The van der Waals surface area contributed by atoms with E-state index >= 15 is 0 Å². The van der Waals surface area contributed by atoms with Gasteiger partial charge in [0.1, 0.15) is 10.6 Å². The number of ether oxygens (including phenoxy) is 1. The van der Waals surface area contributed by atoms with Crippen molar-refractivity contribution >= 4 is 11.1 Å². The maximum Gasteiger partial charge on any atom is 0.190 e. The quantitative estimate of drug-likeness (QED) is 0.713. The average molecular weight is 186 g/mol. The Morgan fingerprint density at radius 2 is 2.17 bits per heavy atom. The van der Waals surface area contributed by atoms with Crippen LogP contribution in [0.4, 0.5) is 0 Å². The van der Waals surface area contributed by atoms with Gasteiger partial charge < -0.3 is 9.29 Å². The number of hydrogen-bond acceptors (Lipinski definition) is 2. The van der Waals surface area contributed by atoms with Gasteiger partial charge in [-0.2, -0.15) is 0 Å². The fraction of sp³-hybridized carbons (Fsp3) is 0.250. The molecule has 1 aromatic carbocycles. The summed E-state index contributed by atoms with van der Waals surface area (Å²) in [6.07, 6.45) is 0. The number of para-hydroxylation sites is 1. The van der Waals surface area contributed by atoms with Crippen LogP contribution in [-0.4, -0.2) is 15.9 Å². The number of hydrogen-bond donors (Lipinski definition) is 1. The molecule has 0 heterocycles. The number of aryl methyl sites for hydroxylation is 1. The second-order valence-electron chi connectivity index (χ2n) is 2.36. The summed E-state index contributed by atoms with van der Waals surface area (Å²) in [6, 6.07) is 5.12. The smallest absolute Gasteiger partial charge is 0.190 e. The van der Waals surface area contributed by atoms with Crippen LogP contribution in [0.1, 0.15) is 5.56 Å². The first-order chi connectivity index (χ1) is 5.66. The zero-order valence-corrected chi connectivity index (χ0v) is 7.72. The van der Waals surface area contributed by atoms with Gasteiger partial charge in [-0.1, -0.05) is 12.1 Å². The van der Waals surface area contributed by atoms with Crippen molar-refractivity contribution < 1.29 is 13.5 Å². The first-order valence-electron chi connectivity index (χ1n) is 3.41. The highest BCUT2D eigenvalue weighted by Gasteiger charge is 2.09. The van der Waals surface area contributed by atoms with Crippen LogP contribution in [0.5, 0.6) is 5.75 Å². The molecular formula is C8H10O3S. The van der Waals surface area contributed by atoms with Gasteiger partial charge in [0, 0.05) is 0 Å². The largest absolute Gasteiger partial charge is 0.495 e. The van der Waals surface area contributed by atoms with Gasteiger partial charge in [-0.3, -0.25) is 0 Å². The van der Waals surface area contributed by atoms with Gasteiger partial charge in [0.2, 0.25) is 0 Å². The zero-order valence-electron chi connectivity index (χ0n) is 6.90. The van der Waals surface area contributed by atoms with Crippen molar-refractivity contribution in [2.75, 3.05) is 7.11 Å². The fourth-order valence-electron chi connectivity index (χ4n) is 1.02. The third-order valence-electron chi connectivity index (χ3n) is 1.57. The maximum absolute atomic E-state index is 10.8. The lowest BCUT2D eigenvalue weighted by Crippen LogP contribution is -1.96. The van der Waals surface area contributed by atoms with Gasteiger partial charge in [0.25, 0.3) is 0 Å². The van der Waals surface area contributed by atoms with E-state index in [0.717, 1.165) is 5.56 Å². The Morgan fingerprint density at radius 1 is 1.50 bits per heavy atom. The van der Waals surface area contributed by atoms with Crippen LogP contribution in [0.15, 0.2) is 23.1 Å². The first-order valence-corrected chi connectivity index (χ1v) is 4.52. The van der Waals surface area contributed by atoms with Crippen molar-refractivity contribution in [3.05, 3.63) is 23.8 Å². The van der Waals surface area contributed by atoms with E-state index in [-0.39, 0.29) is 0 Å². The third-order valence-corrected chi connectivity index (χ3v) is 2.27. The molecule has 4 heteroatoms. The van der Waals surface area contributed by atoms with Crippen molar-refractivity contribution in [1.29, 1.82) is 0 Å². The third kappa shape index (κ3) is 1.65. The van der Waals surface area contributed by atoms with E-state index in [4.69, 9.17) is 9.29 Å². The van der Waals surface area contributed by atoms with Crippen molar-refractivity contribution in [3.8, 4) is 5.75 Å². The summed E-state index contributed by atoms with van der Waals surface area (Å²) in [6.45, 7) is 1.83. The van der Waals surface area contributed by atoms with Gasteiger partial charge in [0.15, 0.2) is 11.1 Å². The SMILES string of the molecule is COc1c(C)cccc1S(=O)O. The summed E-state index contributed by atoms with van der Waals surface area (Å²) in [5.74, 6) is 0.485. The number of benzene rings is 1. The number of rotatable bonds is 2. The second kappa shape index (κ2) is 3.69. The molecular weight excluding hydrogens is 176 g/mol. The Bertz CT molecular complexity index is 309. The predicted octanol–water partition coefficient (Wildman–Crippen LogP) is 1.58. The first kappa shape index (κ1) is 9.22. The lowest BCUT2D eigenvalue weighted by molar-refractivity contribution is 0.399. The molecule has 0 aliphatic carbocycles. The van der Waals surface area contributed by atoms with Crippen LogP contribution in [0.25, 0.3) is 0 Å². The van der Waals surface area contributed by atoms with Crippen LogP contribution in [0.3, 0.4) is 0 Å². The highest BCUT2D eigenvalue weighted by Crippen LogP contribution is 2.24. The van der Waals surface area contributed by atoms with Crippen LogP contribution in [-0.2, 0) is 11.1 Å². The molecule has 0 saturated heterocycles. The highest BCUT2D eigenvalue weighted by molar-refractivity contribution is 7.79. The Hall–Kier alpha value is -0.870. The van der Waals surface area contributed by atoms with Crippen LogP contribution in [0, 0.1) is 6.92 Å². The molecule has 1 atom stereocenters. The van der Waals surface area contributed by atoms with E-state index in [9.17, 15) is 4.21 Å². The normalized spacial score (nSPS) is 12.6. The molecule has 0 aliphatic heterocycles. The minimum Gasteiger partial charge on any atom is -0.495 e. The summed E-state index contributed by atoms with van der Waals surface area (Å²) in [4.78, 5) is 0.317. The molecule has 0 fully saturated rings. The van der Waals surface area contributed by atoms with E-state index in [1.807, 2.05) is 13.0 Å². The molecule has 0 amide bonds. The molecule has 3 nitrogen and oxygen atoms in total. The summed E-state index contributed by atoms with van der Waals surface area (Å²) >= 11 is -1.98. The Morgan fingerprint density at radius 3 is 2.58 bits per heavy atom. The standard InChI is InChI=1S/C8H10O3S/c1-6-4-3-5-7(12(9)10)8(6)11-2/h3-5H,1-2H3,(H,9,10). The Kier molecular flexibility index (Phi) is 2.83. The van der Waals surface area contributed by atoms with E-state index in [1.54, 1.807) is 12.1 Å². The van der Waals surface area contributed by atoms with Gasteiger partial charge in [-0.05, 0) is 18.6 Å². The van der Waals surface area contributed by atoms with E-state index < -0.39 is 11.1 Å². The second-order valence-corrected chi connectivity index (χ2v) is 3.29. The van der Waals surface area contributed by atoms with Crippen LogP contribution >= 0.6 is 0 Å². The van der Waals surface area contributed by atoms with E-state index in [1.165, 1.54) is 7.11 Å². The summed E-state index contributed by atoms with van der Waals surface area (Å²) < 4.78 is 24.6. The lowest BCUT2D eigenvalue weighted by atomic mass is 10.2. The molecule has 66 valence electrons. The molecule has 12 heavy (non-hydrogen) atoms. The van der Waals surface area contributed by atoms with Crippen molar-refractivity contribution in [1.82, 2.24) is 0 Å². The monoisotopic (exact) mass is 186 g/mol. The van der Waals surface area contributed by atoms with Crippen molar-refractivity contribution in [2.24, 2.45) is 0 Å². The summed E-state index contributed by atoms with van der Waals surface area (Å²) in [5, 5.41) is 0. The molecule has 0 saturated carbocycles. The molecule has 1 rings (SSSR count). The highest BCUT2D eigenvalue weighted by atomic mass is 32.2. The topological polar surface area (TPSA) is 46.5 Å². The van der Waals surface area contributed by atoms with Gasteiger partial charge in [0.05, 0.1) is 7.11 Å². The summed E-state index contributed by atoms with van der Waals surface area (Å²) in [7, 11) is 1.48. The van der Waals surface area contributed by atoms with Gasteiger partial charge in [-0.15, -0.1) is 0 Å². The molecule has 0 spiro atoms. The number of methoxy groups -OCH3 is 1. The van der Waals surface area contributed by atoms with Gasteiger partial charge >= 0.3 is 0 Å². The zero-order chi connectivity index (χ0) is 9.14. The lowest BCUT2D eigenvalue weighted by Gasteiger charge is -2.07. The minimum atomic E-state index is -1.98. The molecule has 0 aromatic heterocycles. The fourth-order valence-corrected chi connectivity index (χ4v) is 1.62. The maximum atomic E-state index is 10.8. The molecule has 0 aliphatic rings. The molecule has 0 bridgehead atoms. The summed E-state index contributed by atoms with van der Waals surface area (Å²) in [5.41, 5.74) is 0.859. The van der Waals surface area contributed by atoms with Gasteiger partial charge in [-0.25, -0.2) is 4.21 Å². The Balaban J connectivity index is 3.27. The minimum absolute atomic E-state index is 0.317. The van der Waals surface area contributed by atoms with Crippen LogP contribution in [0.2, 0.25) is 0 Å². The van der Waals surface area contributed by atoms with Crippen molar-refractivity contribution in [2.45, 2.75) is 11.8 Å². The predicted molar refractivity (Wildman–Crippen MR) is 46.8 cm³/mol. The molecule has 1 N–H and O–H groups in total. The Labute approximate surface area is 73.7 Å². The van der Waals surface area contributed by atoms with E-state index in [2.05, 4.69) is 0 Å².